The molecule has 0 spiro atoms. The lowest BCUT2D eigenvalue weighted by Gasteiger charge is -2.14. The van der Waals surface area contributed by atoms with Crippen molar-refractivity contribution < 1.29 is 4.39 Å². The zero-order chi connectivity index (χ0) is 13.0. The zero-order valence-electron chi connectivity index (χ0n) is 10.8. The van der Waals surface area contributed by atoms with Gasteiger partial charge < -0.3 is 10.2 Å². The predicted molar refractivity (Wildman–Crippen MR) is 76.0 cm³/mol. The Kier molecular flexibility index (Phi) is 5.15. The molecular weight excluding hydrogens is 295 g/mol. The topological polar surface area (TPSA) is 15.3 Å². The van der Waals surface area contributed by atoms with E-state index in [2.05, 4.69) is 33.1 Å². The number of likely N-dealkylation sites (tertiary alicyclic amines) is 1. The van der Waals surface area contributed by atoms with Crippen LogP contribution in [0.25, 0.3) is 0 Å². The summed E-state index contributed by atoms with van der Waals surface area (Å²) < 4.78 is 14.1. The summed E-state index contributed by atoms with van der Waals surface area (Å²) in [4.78, 5) is 2.48. The van der Waals surface area contributed by atoms with E-state index in [-0.39, 0.29) is 5.82 Å². The van der Waals surface area contributed by atoms with Crippen molar-refractivity contribution in [3.8, 4) is 0 Å². The number of benzene rings is 1. The number of nitrogens with one attached hydrogen (secondary N) is 1. The summed E-state index contributed by atoms with van der Waals surface area (Å²) in [7, 11) is 0. The summed E-state index contributed by atoms with van der Waals surface area (Å²) in [5.41, 5.74) is 0.986. The maximum absolute atomic E-state index is 13.1. The molecule has 100 valence electrons. The van der Waals surface area contributed by atoms with Gasteiger partial charge in [0.25, 0.3) is 0 Å². The Morgan fingerprint density at radius 1 is 1.50 bits per heavy atom. The van der Waals surface area contributed by atoms with Crippen LogP contribution in [0.1, 0.15) is 18.9 Å². The average molecular weight is 315 g/mol. The fraction of sp³-hybridized carbons (Fsp3) is 0.571. The van der Waals surface area contributed by atoms with Gasteiger partial charge in [0.1, 0.15) is 5.82 Å². The Balaban J connectivity index is 1.77. The summed E-state index contributed by atoms with van der Waals surface area (Å²) in [5, 5.41) is 3.43. The van der Waals surface area contributed by atoms with Gasteiger partial charge in [-0.2, -0.15) is 0 Å². The van der Waals surface area contributed by atoms with E-state index in [1.807, 2.05) is 0 Å². The highest BCUT2D eigenvalue weighted by molar-refractivity contribution is 9.10. The van der Waals surface area contributed by atoms with E-state index in [1.54, 1.807) is 12.1 Å². The highest BCUT2D eigenvalue weighted by Gasteiger charge is 2.20. The molecule has 4 heteroatoms. The van der Waals surface area contributed by atoms with Gasteiger partial charge >= 0.3 is 0 Å². The summed E-state index contributed by atoms with van der Waals surface area (Å²) >= 11 is 3.45. The molecule has 1 aromatic rings. The first-order chi connectivity index (χ1) is 8.69. The van der Waals surface area contributed by atoms with Crippen molar-refractivity contribution in [3.05, 3.63) is 34.1 Å². The first-order valence-corrected chi connectivity index (χ1v) is 7.35. The van der Waals surface area contributed by atoms with Crippen LogP contribution in [0, 0.1) is 11.7 Å². The standard InChI is InChI=1S/C14H20BrFN2/c1-2-18-6-5-11(10-18)8-17-9-12-7-13(16)3-4-14(12)15/h3-4,7,11,17H,2,5-6,8-10H2,1H3. The predicted octanol–water partition coefficient (Wildman–Crippen LogP) is 3.02. The van der Waals surface area contributed by atoms with E-state index in [4.69, 9.17) is 0 Å². The van der Waals surface area contributed by atoms with E-state index < -0.39 is 0 Å². The largest absolute Gasteiger partial charge is 0.312 e. The van der Waals surface area contributed by atoms with Crippen molar-refractivity contribution in [2.45, 2.75) is 19.9 Å². The van der Waals surface area contributed by atoms with Crippen molar-refractivity contribution in [1.82, 2.24) is 10.2 Å². The first kappa shape index (κ1) is 14.0. The molecule has 18 heavy (non-hydrogen) atoms. The van der Waals surface area contributed by atoms with Crippen molar-refractivity contribution in [2.75, 3.05) is 26.2 Å². The Labute approximate surface area is 117 Å². The normalized spacial score (nSPS) is 20.5. The molecule has 0 bridgehead atoms. The van der Waals surface area contributed by atoms with Gasteiger partial charge in [-0.25, -0.2) is 4.39 Å². The van der Waals surface area contributed by atoms with Gasteiger partial charge in [0.15, 0.2) is 0 Å². The maximum Gasteiger partial charge on any atom is 0.123 e. The average Bonchev–Trinajstić information content (AvgIpc) is 2.81. The van der Waals surface area contributed by atoms with Crippen LogP contribution in [-0.2, 0) is 6.54 Å². The summed E-state index contributed by atoms with van der Waals surface area (Å²) in [6.45, 7) is 7.49. The van der Waals surface area contributed by atoms with Crippen LogP contribution >= 0.6 is 15.9 Å². The van der Waals surface area contributed by atoms with Gasteiger partial charge in [0, 0.05) is 17.6 Å². The maximum atomic E-state index is 13.1. The lowest BCUT2D eigenvalue weighted by molar-refractivity contribution is 0.339. The van der Waals surface area contributed by atoms with Crippen LogP contribution < -0.4 is 5.32 Å². The number of hydrogen-bond acceptors (Lipinski definition) is 2. The molecule has 1 unspecified atom stereocenters. The molecule has 0 aliphatic carbocycles. The second kappa shape index (κ2) is 6.64. The minimum atomic E-state index is -0.173. The second-order valence-electron chi connectivity index (χ2n) is 4.91. The van der Waals surface area contributed by atoms with Crippen molar-refractivity contribution in [2.24, 2.45) is 5.92 Å². The Morgan fingerprint density at radius 3 is 3.06 bits per heavy atom. The van der Waals surface area contributed by atoms with Gasteiger partial charge in [-0.1, -0.05) is 22.9 Å². The lowest BCUT2D eigenvalue weighted by atomic mass is 10.1. The van der Waals surface area contributed by atoms with Crippen molar-refractivity contribution in [3.63, 3.8) is 0 Å². The van der Waals surface area contributed by atoms with E-state index in [0.29, 0.717) is 0 Å². The minimum Gasteiger partial charge on any atom is -0.312 e. The molecule has 1 atom stereocenters. The fourth-order valence-electron chi connectivity index (χ4n) is 2.46. The van der Waals surface area contributed by atoms with Gasteiger partial charge in [0.05, 0.1) is 0 Å². The van der Waals surface area contributed by atoms with Crippen molar-refractivity contribution in [1.29, 1.82) is 0 Å². The van der Waals surface area contributed by atoms with E-state index >= 15 is 0 Å². The molecule has 1 aliphatic heterocycles. The molecule has 1 heterocycles. The number of halogens is 2. The third-order valence-electron chi connectivity index (χ3n) is 3.57. The molecule has 2 rings (SSSR count). The molecule has 0 amide bonds. The number of nitrogens with zero attached hydrogens (tertiary/aromatic N) is 1. The van der Waals surface area contributed by atoms with Gasteiger partial charge in [-0.15, -0.1) is 0 Å². The van der Waals surface area contributed by atoms with E-state index in [9.17, 15) is 4.39 Å². The lowest BCUT2D eigenvalue weighted by Crippen LogP contribution is -2.26. The Bertz CT molecular complexity index is 397. The Hall–Kier alpha value is -0.450. The SMILES string of the molecule is CCN1CCC(CNCc2cc(F)ccc2Br)C1. The Morgan fingerprint density at radius 2 is 2.33 bits per heavy atom. The quantitative estimate of drug-likeness (QED) is 0.898. The van der Waals surface area contributed by atoms with Crippen LogP contribution in [0.15, 0.2) is 22.7 Å². The van der Waals surface area contributed by atoms with Crippen LogP contribution in [0.5, 0.6) is 0 Å². The van der Waals surface area contributed by atoms with Crippen molar-refractivity contribution >= 4 is 15.9 Å². The molecule has 2 nitrogen and oxygen atoms in total. The zero-order valence-corrected chi connectivity index (χ0v) is 12.3. The number of hydrogen-bond donors (Lipinski definition) is 1. The summed E-state index contributed by atoms with van der Waals surface area (Å²) in [6, 6.07) is 4.83. The minimum absolute atomic E-state index is 0.173. The van der Waals surface area contributed by atoms with Gasteiger partial charge in [-0.05, 0) is 55.7 Å². The third kappa shape index (κ3) is 3.77. The smallest absolute Gasteiger partial charge is 0.123 e. The highest BCUT2D eigenvalue weighted by Crippen LogP contribution is 2.18. The van der Waals surface area contributed by atoms with Gasteiger partial charge in [0.2, 0.25) is 0 Å². The van der Waals surface area contributed by atoms with Gasteiger partial charge in [-0.3, -0.25) is 0 Å². The highest BCUT2D eigenvalue weighted by atomic mass is 79.9. The monoisotopic (exact) mass is 314 g/mol. The summed E-state index contributed by atoms with van der Waals surface area (Å²) in [6.07, 6.45) is 1.27. The molecule has 0 saturated carbocycles. The molecule has 1 aromatic carbocycles. The first-order valence-electron chi connectivity index (χ1n) is 6.56. The van der Waals surface area contributed by atoms with Crippen LogP contribution in [0.4, 0.5) is 4.39 Å². The molecule has 1 saturated heterocycles. The third-order valence-corrected chi connectivity index (χ3v) is 4.35. The van der Waals surface area contributed by atoms with Crippen LogP contribution in [-0.4, -0.2) is 31.1 Å². The summed E-state index contributed by atoms with van der Waals surface area (Å²) in [5.74, 6) is 0.560. The molecule has 0 radical (unpaired) electrons. The molecule has 1 fully saturated rings. The molecule has 1 aliphatic rings. The second-order valence-corrected chi connectivity index (χ2v) is 5.77. The molecule has 0 aromatic heterocycles. The van der Waals surface area contributed by atoms with E-state index in [1.165, 1.54) is 25.6 Å². The van der Waals surface area contributed by atoms with E-state index in [0.717, 1.165) is 35.6 Å². The molecular formula is C14H20BrFN2. The molecule has 1 N–H and O–H groups in total. The van der Waals surface area contributed by atoms with Crippen LogP contribution in [0.3, 0.4) is 0 Å². The number of rotatable bonds is 5. The fourth-order valence-corrected chi connectivity index (χ4v) is 2.84. The van der Waals surface area contributed by atoms with Crippen LogP contribution in [0.2, 0.25) is 0 Å².